The number of phenolic OH excluding ortho intramolecular Hbond substituents is 1. The van der Waals surface area contributed by atoms with Crippen LogP contribution >= 0.6 is 0 Å². The van der Waals surface area contributed by atoms with E-state index in [2.05, 4.69) is 15.4 Å². The van der Waals surface area contributed by atoms with E-state index in [1.54, 1.807) is 13.2 Å². The van der Waals surface area contributed by atoms with Crippen LogP contribution in [0.15, 0.2) is 66.7 Å². The van der Waals surface area contributed by atoms with Crippen LogP contribution in [0.1, 0.15) is 35.3 Å². The van der Waals surface area contributed by atoms with Crippen LogP contribution in [0.4, 0.5) is 5.69 Å². The number of aliphatic hydroxyl groups is 1. The highest BCUT2D eigenvalue weighted by Gasteiger charge is 2.14. The fraction of sp³-hybridized carbons (Fsp3) is 0.321. The Balaban J connectivity index is 1.51. The molecule has 0 fully saturated rings. The second-order valence-corrected chi connectivity index (χ2v) is 11.0. The smallest absolute Gasteiger partial charge is 0.229 e. The number of sulfonamides is 1. The van der Waals surface area contributed by atoms with Gasteiger partial charge >= 0.3 is 0 Å². The number of hydrogen-bond donors (Lipinski definition) is 5. The molecule has 5 N–H and O–H groups in total. The van der Waals surface area contributed by atoms with Crippen molar-refractivity contribution < 1.29 is 28.2 Å². The molecular formula is C28H35N3O6S. The van der Waals surface area contributed by atoms with Gasteiger partial charge in [0.15, 0.2) is 0 Å². The summed E-state index contributed by atoms with van der Waals surface area (Å²) in [4.78, 5) is 12.5. The van der Waals surface area contributed by atoms with Gasteiger partial charge in [-0.15, -0.1) is 0 Å². The summed E-state index contributed by atoms with van der Waals surface area (Å²) in [7, 11) is -1.97. The average molecular weight is 542 g/mol. The van der Waals surface area contributed by atoms with Crippen molar-refractivity contribution in [3.05, 3.63) is 89.0 Å². The van der Waals surface area contributed by atoms with Crippen LogP contribution < -0.4 is 20.1 Å². The normalized spacial score (nSPS) is 12.9. The third-order valence-electron chi connectivity index (χ3n) is 5.93. The number of phenols is 1. The Hall–Kier alpha value is -3.60. The Kier molecular flexibility index (Phi) is 10.1. The van der Waals surface area contributed by atoms with E-state index < -0.39 is 16.1 Å². The quantitative estimate of drug-likeness (QED) is 0.210. The molecule has 3 aromatic rings. The number of amides is 1. The number of ether oxygens (including phenoxy) is 1. The van der Waals surface area contributed by atoms with E-state index in [1.165, 1.54) is 12.1 Å². The first-order chi connectivity index (χ1) is 18.0. The minimum Gasteiger partial charge on any atom is -0.506 e. The lowest BCUT2D eigenvalue weighted by Gasteiger charge is -2.19. The van der Waals surface area contributed by atoms with Crippen molar-refractivity contribution in [2.24, 2.45) is 0 Å². The van der Waals surface area contributed by atoms with Crippen molar-refractivity contribution >= 4 is 21.6 Å². The molecule has 0 aliphatic carbocycles. The summed E-state index contributed by atoms with van der Waals surface area (Å²) in [5.41, 5.74) is 3.35. The van der Waals surface area contributed by atoms with Gasteiger partial charge in [0, 0.05) is 24.7 Å². The summed E-state index contributed by atoms with van der Waals surface area (Å²) >= 11 is 0. The molecule has 0 aromatic heterocycles. The number of rotatable bonds is 13. The molecule has 0 saturated heterocycles. The van der Waals surface area contributed by atoms with Gasteiger partial charge in [-0.25, -0.2) is 8.42 Å². The molecule has 3 rings (SSSR count). The van der Waals surface area contributed by atoms with E-state index in [1.807, 2.05) is 55.5 Å². The number of hydrogen-bond acceptors (Lipinski definition) is 7. The van der Waals surface area contributed by atoms with Crippen LogP contribution in [0.2, 0.25) is 0 Å². The molecule has 38 heavy (non-hydrogen) atoms. The Morgan fingerprint density at radius 3 is 2.50 bits per heavy atom. The maximum absolute atomic E-state index is 12.5. The molecule has 0 spiro atoms. The fourth-order valence-corrected chi connectivity index (χ4v) is 4.62. The zero-order valence-electron chi connectivity index (χ0n) is 21.8. The molecule has 3 aromatic carbocycles. The summed E-state index contributed by atoms with van der Waals surface area (Å²) in [6.07, 6.45) is 1.02. The van der Waals surface area contributed by atoms with Gasteiger partial charge in [0.05, 0.1) is 31.6 Å². The van der Waals surface area contributed by atoms with Crippen LogP contribution in [0, 0.1) is 0 Å². The Bertz CT molecular complexity index is 1350. The van der Waals surface area contributed by atoms with Gasteiger partial charge in [0.2, 0.25) is 15.9 Å². The van der Waals surface area contributed by atoms with Crippen molar-refractivity contribution in [2.75, 3.05) is 24.6 Å². The number of nitrogens with one attached hydrogen (secondary N) is 3. The molecule has 0 aliphatic rings. The van der Waals surface area contributed by atoms with Crippen LogP contribution in [-0.4, -0.2) is 50.5 Å². The second kappa shape index (κ2) is 13.3. The standard InChI is InChI=1S/C28H35N3O6S/c1-19(29-18-26(33)22-11-12-25(32)24(16-22)31-38(3,35)36)13-20-7-6-8-21(14-20)15-28(34)30-17-23-9-4-5-10-27(23)37-2/h4-12,14,16,19,26,29,31-33H,13,15,17-18H2,1-3H3,(H,30,34)/t19-,26+/m1/s1. The van der Waals surface area contributed by atoms with Crippen LogP contribution in [-0.2, 0) is 34.2 Å². The zero-order chi connectivity index (χ0) is 27.7. The highest BCUT2D eigenvalue weighted by molar-refractivity contribution is 7.92. The number of benzene rings is 3. The van der Waals surface area contributed by atoms with Crippen molar-refractivity contribution in [1.29, 1.82) is 0 Å². The van der Waals surface area contributed by atoms with Gasteiger partial charge in [-0.1, -0.05) is 48.5 Å². The summed E-state index contributed by atoms with van der Waals surface area (Å²) in [5.74, 6) is 0.430. The minimum absolute atomic E-state index is 0.0147. The Morgan fingerprint density at radius 2 is 1.76 bits per heavy atom. The summed E-state index contributed by atoms with van der Waals surface area (Å²) in [6.45, 7) is 2.61. The molecule has 0 aliphatic heterocycles. The summed E-state index contributed by atoms with van der Waals surface area (Å²) in [6, 6.07) is 19.7. The molecule has 0 unspecified atom stereocenters. The van der Waals surface area contributed by atoms with E-state index in [-0.39, 0.29) is 36.4 Å². The monoisotopic (exact) mass is 541 g/mol. The predicted octanol–water partition coefficient (Wildman–Crippen LogP) is 2.89. The molecule has 0 heterocycles. The molecular weight excluding hydrogens is 506 g/mol. The molecule has 9 nitrogen and oxygen atoms in total. The number of para-hydroxylation sites is 1. The first-order valence-electron chi connectivity index (χ1n) is 12.2. The third-order valence-corrected chi connectivity index (χ3v) is 6.52. The third kappa shape index (κ3) is 9.05. The van der Waals surface area contributed by atoms with Crippen LogP contribution in [0.3, 0.4) is 0 Å². The molecule has 0 saturated carbocycles. The van der Waals surface area contributed by atoms with E-state index in [9.17, 15) is 23.4 Å². The van der Waals surface area contributed by atoms with Crippen molar-refractivity contribution in [2.45, 2.75) is 38.5 Å². The van der Waals surface area contributed by atoms with Gasteiger partial charge in [0.25, 0.3) is 0 Å². The van der Waals surface area contributed by atoms with Gasteiger partial charge < -0.3 is 25.6 Å². The number of carbonyl (C=O) groups is 1. The lowest BCUT2D eigenvalue weighted by molar-refractivity contribution is -0.120. The van der Waals surface area contributed by atoms with Crippen LogP contribution in [0.25, 0.3) is 0 Å². The number of anilines is 1. The lowest BCUT2D eigenvalue weighted by atomic mass is 10.0. The van der Waals surface area contributed by atoms with Crippen molar-refractivity contribution in [3.63, 3.8) is 0 Å². The van der Waals surface area contributed by atoms with Crippen molar-refractivity contribution in [1.82, 2.24) is 10.6 Å². The maximum Gasteiger partial charge on any atom is 0.229 e. The van der Waals surface area contributed by atoms with E-state index >= 15 is 0 Å². The van der Waals surface area contributed by atoms with Gasteiger partial charge in [0.1, 0.15) is 11.5 Å². The molecule has 0 radical (unpaired) electrons. The first-order valence-corrected chi connectivity index (χ1v) is 14.1. The number of carbonyl (C=O) groups excluding carboxylic acids is 1. The van der Waals surface area contributed by atoms with Crippen molar-refractivity contribution in [3.8, 4) is 11.5 Å². The average Bonchev–Trinajstić information content (AvgIpc) is 2.87. The Morgan fingerprint density at radius 1 is 1.03 bits per heavy atom. The molecule has 0 bridgehead atoms. The SMILES string of the molecule is COc1ccccc1CNC(=O)Cc1cccc(C[C@@H](C)NC[C@H](O)c2ccc(O)c(NS(C)(=O)=O)c2)c1. The summed E-state index contributed by atoms with van der Waals surface area (Å²) < 4.78 is 30.6. The molecule has 10 heteroatoms. The molecule has 2 atom stereocenters. The maximum atomic E-state index is 12.5. The number of aliphatic hydroxyl groups excluding tert-OH is 1. The predicted molar refractivity (Wildman–Crippen MR) is 148 cm³/mol. The number of methoxy groups -OCH3 is 1. The zero-order valence-corrected chi connectivity index (χ0v) is 22.6. The van der Waals surface area contributed by atoms with Gasteiger partial charge in [-0.05, 0) is 48.2 Å². The molecule has 204 valence electrons. The topological polar surface area (TPSA) is 137 Å². The number of aromatic hydroxyl groups is 1. The second-order valence-electron chi connectivity index (χ2n) is 9.27. The van der Waals surface area contributed by atoms with E-state index in [0.29, 0.717) is 18.5 Å². The van der Waals surface area contributed by atoms with Crippen LogP contribution in [0.5, 0.6) is 11.5 Å². The summed E-state index contributed by atoms with van der Waals surface area (Å²) in [5, 5.41) is 26.7. The molecule has 1 amide bonds. The van der Waals surface area contributed by atoms with Gasteiger partial charge in [-0.3, -0.25) is 9.52 Å². The minimum atomic E-state index is -3.57. The Labute approximate surface area is 223 Å². The largest absolute Gasteiger partial charge is 0.506 e. The van der Waals surface area contributed by atoms with E-state index in [0.717, 1.165) is 28.7 Å². The lowest BCUT2D eigenvalue weighted by Crippen LogP contribution is -2.32. The van der Waals surface area contributed by atoms with E-state index in [4.69, 9.17) is 4.74 Å². The highest BCUT2D eigenvalue weighted by Crippen LogP contribution is 2.27. The highest BCUT2D eigenvalue weighted by atomic mass is 32.2. The first kappa shape index (κ1) is 29.0. The fourth-order valence-electron chi connectivity index (χ4n) is 4.06. The van der Waals surface area contributed by atoms with Gasteiger partial charge in [-0.2, -0.15) is 0 Å².